The predicted octanol–water partition coefficient (Wildman–Crippen LogP) is 3.56. The molecule has 1 fully saturated rings. The van der Waals surface area contributed by atoms with Crippen LogP contribution in [-0.4, -0.2) is 36.1 Å². The van der Waals surface area contributed by atoms with Crippen molar-refractivity contribution in [1.82, 2.24) is 9.29 Å². The number of fused-ring (bicyclic) bond motifs is 3. The quantitative estimate of drug-likeness (QED) is 0.890. The number of Topliss-reactive ketones (excluding diaryl/α,β-unsaturated/α-hetero) is 1. The van der Waals surface area contributed by atoms with Crippen LogP contribution in [0.25, 0.3) is 10.9 Å². The van der Waals surface area contributed by atoms with E-state index in [2.05, 4.69) is 4.98 Å². The number of hydrogen-bond acceptors (Lipinski definition) is 3. The van der Waals surface area contributed by atoms with E-state index in [1.165, 1.54) is 0 Å². The molecule has 1 aromatic carbocycles. The Bertz CT molecular complexity index is 959. The number of rotatable bonds is 2. The Kier molecular flexibility index (Phi) is 4.00. The van der Waals surface area contributed by atoms with Crippen LogP contribution in [0.3, 0.4) is 0 Å². The lowest BCUT2D eigenvalue weighted by Gasteiger charge is -2.32. The van der Waals surface area contributed by atoms with E-state index in [0.717, 1.165) is 54.3 Å². The Hall–Kier alpha value is -1.66. The van der Waals surface area contributed by atoms with Gasteiger partial charge in [0.1, 0.15) is 0 Å². The minimum absolute atomic E-state index is 0.0345. The third-order valence-corrected chi connectivity index (χ3v) is 7.77. The molecule has 1 atom stereocenters. The van der Waals surface area contributed by atoms with Gasteiger partial charge in [-0.25, -0.2) is 8.42 Å². The molecular formula is C19H24N2O3S. The molecule has 0 bridgehead atoms. The van der Waals surface area contributed by atoms with Crippen LogP contribution >= 0.6 is 0 Å². The fourth-order valence-corrected chi connectivity index (χ4v) is 6.21. The van der Waals surface area contributed by atoms with Crippen molar-refractivity contribution in [1.29, 1.82) is 0 Å². The van der Waals surface area contributed by atoms with E-state index in [4.69, 9.17) is 0 Å². The summed E-state index contributed by atoms with van der Waals surface area (Å²) in [5.74, 6) is 0.159. The molecule has 0 radical (unpaired) electrons. The number of carbonyl (C=O) groups excluding carboxylic acids is 1. The highest BCUT2D eigenvalue weighted by Gasteiger charge is 2.33. The first kappa shape index (κ1) is 16.8. The van der Waals surface area contributed by atoms with Crippen LogP contribution in [0.4, 0.5) is 0 Å². The molecule has 2 aliphatic rings. The number of sulfonamides is 1. The lowest BCUT2D eigenvalue weighted by molar-refractivity contribution is 0.0974. The number of aromatic nitrogens is 1. The van der Waals surface area contributed by atoms with Crippen molar-refractivity contribution in [3.8, 4) is 0 Å². The molecule has 2 aromatic rings. The van der Waals surface area contributed by atoms with Gasteiger partial charge in [0, 0.05) is 41.2 Å². The van der Waals surface area contributed by atoms with Crippen LogP contribution in [-0.2, 0) is 16.4 Å². The van der Waals surface area contributed by atoms with E-state index in [-0.39, 0.29) is 11.8 Å². The minimum Gasteiger partial charge on any atom is -0.358 e. The van der Waals surface area contributed by atoms with Crippen LogP contribution < -0.4 is 0 Å². The van der Waals surface area contributed by atoms with Gasteiger partial charge in [0.15, 0.2) is 5.78 Å². The summed E-state index contributed by atoms with van der Waals surface area (Å²) in [5.41, 5.74) is 3.19. The molecule has 1 aliphatic carbocycles. The molecule has 4 rings (SSSR count). The summed E-state index contributed by atoms with van der Waals surface area (Å²) in [6.45, 7) is 4.39. The minimum atomic E-state index is -3.52. The van der Waals surface area contributed by atoms with Crippen LogP contribution in [0.5, 0.6) is 0 Å². The van der Waals surface area contributed by atoms with E-state index < -0.39 is 10.0 Å². The lowest BCUT2D eigenvalue weighted by atomic mass is 9.94. The van der Waals surface area contributed by atoms with E-state index >= 15 is 0 Å². The SMILES string of the molecule is Cc1cc2c3c([nH]c2cc1S(=O)(=O)N1CCCCC1C)CCCC3=O. The summed E-state index contributed by atoms with van der Waals surface area (Å²) in [5, 5.41) is 0.864. The fraction of sp³-hybridized carbons (Fsp3) is 0.526. The summed E-state index contributed by atoms with van der Waals surface area (Å²) in [7, 11) is -3.52. The van der Waals surface area contributed by atoms with Crippen molar-refractivity contribution in [2.24, 2.45) is 0 Å². The maximum absolute atomic E-state index is 13.2. The molecule has 1 aliphatic heterocycles. The highest BCUT2D eigenvalue weighted by molar-refractivity contribution is 7.89. The number of carbonyl (C=O) groups is 1. The number of hydrogen-bond donors (Lipinski definition) is 1. The van der Waals surface area contributed by atoms with Crippen molar-refractivity contribution in [2.75, 3.05) is 6.54 Å². The average molecular weight is 360 g/mol. The topological polar surface area (TPSA) is 70.2 Å². The second-order valence-electron chi connectivity index (χ2n) is 7.38. The predicted molar refractivity (Wildman–Crippen MR) is 97.5 cm³/mol. The third kappa shape index (κ3) is 2.62. The number of benzene rings is 1. The maximum atomic E-state index is 13.2. The number of nitrogens with zero attached hydrogens (tertiary/aromatic N) is 1. The number of H-pyrrole nitrogens is 1. The van der Waals surface area contributed by atoms with E-state index in [1.54, 1.807) is 10.4 Å². The highest BCUT2D eigenvalue weighted by atomic mass is 32.2. The van der Waals surface area contributed by atoms with Gasteiger partial charge in [-0.3, -0.25) is 4.79 Å². The van der Waals surface area contributed by atoms with Crippen molar-refractivity contribution in [2.45, 2.75) is 63.3 Å². The van der Waals surface area contributed by atoms with Gasteiger partial charge in [-0.05, 0) is 57.2 Å². The first-order chi connectivity index (χ1) is 11.9. The monoisotopic (exact) mass is 360 g/mol. The molecule has 1 unspecified atom stereocenters. The summed E-state index contributed by atoms with van der Waals surface area (Å²) in [6.07, 6.45) is 5.18. The Balaban J connectivity index is 1.86. The Morgan fingerprint density at radius 1 is 1.16 bits per heavy atom. The summed E-state index contributed by atoms with van der Waals surface area (Å²) < 4.78 is 28.1. The first-order valence-electron chi connectivity index (χ1n) is 9.10. The summed E-state index contributed by atoms with van der Waals surface area (Å²) in [4.78, 5) is 16.0. The lowest BCUT2D eigenvalue weighted by Crippen LogP contribution is -2.42. The van der Waals surface area contributed by atoms with E-state index in [1.807, 2.05) is 19.9 Å². The zero-order valence-corrected chi connectivity index (χ0v) is 15.6. The molecule has 25 heavy (non-hydrogen) atoms. The molecule has 5 nitrogen and oxygen atoms in total. The van der Waals surface area contributed by atoms with Gasteiger partial charge in [0.25, 0.3) is 0 Å². The standard InChI is InChI=1S/C19H24N2O3S/c1-12-10-14-16(20-15-7-5-8-17(22)19(14)15)11-18(12)25(23,24)21-9-4-3-6-13(21)2/h10-11,13,20H,3-9H2,1-2H3. The van der Waals surface area contributed by atoms with Crippen molar-refractivity contribution < 1.29 is 13.2 Å². The zero-order valence-electron chi connectivity index (χ0n) is 14.8. The van der Waals surface area contributed by atoms with E-state index in [0.29, 0.717) is 23.4 Å². The molecule has 1 N–H and O–H groups in total. The summed E-state index contributed by atoms with van der Waals surface area (Å²) in [6, 6.07) is 3.63. The molecule has 2 heterocycles. The van der Waals surface area contributed by atoms with Crippen LogP contribution in [0.1, 0.15) is 60.6 Å². The second kappa shape index (κ2) is 5.95. The van der Waals surface area contributed by atoms with Crippen molar-refractivity contribution in [3.63, 3.8) is 0 Å². The fourth-order valence-electron chi connectivity index (χ4n) is 4.28. The largest absolute Gasteiger partial charge is 0.358 e. The van der Waals surface area contributed by atoms with Crippen LogP contribution in [0, 0.1) is 6.92 Å². The molecule has 1 aromatic heterocycles. The first-order valence-corrected chi connectivity index (χ1v) is 10.5. The van der Waals surface area contributed by atoms with Gasteiger partial charge in [-0.15, -0.1) is 0 Å². The van der Waals surface area contributed by atoms with E-state index in [9.17, 15) is 13.2 Å². The van der Waals surface area contributed by atoms with Gasteiger partial charge in [-0.1, -0.05) is 6.42 Å². The van der Waals surface area contributed by atoms with Gasteiger partial charge < -0.3 is 4.98 Å². The normalized spacial score (nSPS) is 22.3. The second-order valence-corrected chi connectivity index (χ2v) is 9.24. The Labute approximate surface area is 148 Å². The summed E-state index contributed by atoms with van der Waals surface area (Å²) >= 11 is 0. The molecule has 0 saturated carbocycles. The zero-order chi connectivity index (χ0) is 17.8. The van der Waals surface area contributed by atoms with Crippen LogP contribution in [0.15, 0.2) is 17.0 Å². The number of aryl methyl sites for hydroxylation is 2. The Morgan fingerprint density at radius 2 is 1.96 bits per heavy atom. The average Bonchev–Trinajstić information content (AvgIpc) is 2.93. The third-order valence-electron chi connectivity index (χ3n) is 5.61. The van der Waals surface area contributed by atoms with Crippen molar-refractivity contribution in [3.05, 3.63) is 29.0 Å². The number of ketones is 1. The molecule has 0 amide bonds. The number of aromatic amines is 1. The van der Waals surface area contributed by atoms with Gasteiger partial charge in [0.2, 0.25) is 10.0 Å². The number of nitrogens with one attached hydrogen (secondary N) is 1. The number of piperidine rings is 1. The molecule has 134 valence electrons. The van der Waals surface area contributed by atoms with Gasteiger partial charge in [-0.2, -0.15) is 4.31 Å². The molecular weight excluding hydrogens is 336 g/mol. The van der Waals surface area contributed by atoms with Gasteiger partial charge >= 0.3 is 0 Å². The molecule has 1 saturated heterocycles. The molecule has 6 heteroatoms. The van der Waals surface area contributed by atoms with Crippen molar-refractivity contribution >= 4 is 26.7 Å². The molecule has 0 spiro atoms. The highest BCUT2D eigenvalue weighted by Crippen LogP contribution is 2.34. The maximum Gasteiger partial charge on any atom is 0.243 e. The van der Waals surface area contributed by atoms with Crippen LogP contribution in [0.2, 0.25) is 0 Å². The Morgan fingerprint density at radius 3 is 2.72 bits per heavy atom. The smallest absolute Gasteiger partial charge is 0.243 e. The van der Waals surface area contributed by atoms with Gasteiger partial charge in [0.05, 0.1) is 4.90 Å².